The van der Waals surface area contributed by atoms with Crippen molar-refractivity contribution < 1.29 is 18.7 Å². The van der Waals surface area contributed by atoms with Gasteiger partial charge in [-0.25, -0.2) is 13.8 Å². The first-order chi connectivity index (χ1) is 12.6. The zero-order valence-electron chi connectivity index (χ0n) is 15.5. The summed E-state index contributed by atoms with van der Waals surface area (Å²) in [6.07, 6.45) is 4.68. The quantitative estimate of drug-likeness (QED) is 0.622. The second-order valence-electron chi connectivity index (χ2n) is 8.03. The number of rotatable bonds is 5. The number of halogens is 2. The molecule has 0 aliphatic heterocycles. The summed E-state index contributed by atoms with van der Waals surface area (Å²) in [6.45, 7) is 1.79. The van der Waals surface area contributed by atoms with Gasteiger partial charge in [-0.1, -0.05) is 0 Å². The number of anilines is 2. The van der Waals surface area contributed by atoms with Gasteiger partial charge in [0.1, 0.15) is 5.82 Å². The van der Waals surface area contributed by atoms with E-state index in [0.717, 1.165) is 19.3 Å². The third-order valence-corrected chi connectivity index (χ3v) is 5.40. The Morgan fingerprint density at radius 2 is 1.93 bits per heavy atom. The molecule has 0 bridgehead atoms. The lowest BCUT2D eigenvalue weighted by Crippen LogP contribution is -2.38. The second kappa shape index (κ2) is 7.53. The first-order valence-electron chi connectivity index (χ1n) is 9.44. The average Bonchev–Trinajstić information content (AvgIpc) is 2.56. The van der Waals surface area contributed by atoms with Gasteiger partial charge < -0.3 is 21.5 Å². The van der Waals surface area contributed by atoms with Gasteiger partial charge in [0.2, 0.25) is 11.9 Å². The smallest absolute Gasteiger partial charge is 0.254 e. The number of nitrogens with one attached hydrogen (secondary N) is 2. The maximum Gasteiger partial charge on any atom is 0.254 e. The summed E-state index contributed by atoms with van der Waals surface area (Å²) < 4.78 is 26.6. The van der Waals surface area contributed by atoms with Crippen LogP contribution in [0.1, 0.15) is 68.6 Å². The normalized spacial score (nSPS) is 28.5. The number of primary amides is 1. The van der Waals surface area contributed by atoms with Gasteiger partial charge in [0.25, 0.3) is 5.91 Å². The van der Waals surface area contributed by atoms with Crippen molar-refractivity contribution in [2.24, 2.45) is 5.73 Å². The molecule has 150 valence electrons. The van der Waals surface area contributed by atoms with E-state index in [0.29, 0.717) is 25.1 Å². The molecule has 2 fully saturated rings. The van der Waals surface area contributed by atoms with Gasteiger partial charge in [-0.2, -0.15) is 4.98 Å². The third-order valence-electron chi connectivity index (χ3n) is 5.40. The summed E-state index contributed by atoms with van der Waals surface area (Å²) in [5, 5.41) is 16.6. The van der Waals surface area contributed by atoms with Gasteiger partial charge in [-0.3, -0.25) is 4.79 Å². The molecule has 7 nitrogen and oxygen atoms in total. The number of nitrogens with zero attached hydrogens (tertiary/aromatic N) is 2. The van der Waals surface area contributed by atoms with E-state index < -0.39 is 17.4 Å². The van der Waals surface area contributed by atoms with Crippen LogP contribution in [-0.4, -0.2) is 44.6 Å². The van der Waals surface area contributed by atoms with Crippen LogP contribution in [0.3, 0.4) is 0 Å². The molecule has 0 aromatic carbocycles. The van der Waals surface area contributed by atoms with E-state index in [9.17, 15) is 18.7 Å². The highest BCUT2D eigenvalue weighted by Crippen LogP contribution is 2.34. The Morgan fingerprint density at radius 1 is 1.22 bits per heavy atom. The van der Waals surface area contributed by atoms with E-state index in [4.69, 9.17) is 5.73 Å². The molecule has 9 heteroatoms. The fraction of sp³-hybridized carbons (Fsp3) is 0.722. The van der Waals surface area contributed by atoms with Crippen LogP contribution in [0.5, 0.6) is 0 Å². The Balaban J connectivity index is 1.72. The Hall–Kier alpha value is -2.03. The van der Waals surface area contributed by atoms with E-state index in [1.807, 2.05) is 0 Å². The molecule has 3 rings (SSSR count). The van der Waals surface area contributed by atoms with Gasteiger partial charge in [-0.15, -0.1) is 0 Å². The summed E-state index contributed by atoms with van der Waals surface area (Å²) in [4.78, 5) is 20.2. The van der Waals surface area contributed by atoms with Crippen LogP contribution >= 0.6 is 0 Å². The molecule has 0 saturated heterocycles. The number of hydrogen-bond donors (Lipinski definition) is 4. The summed E-state index contributed by atoms with van der Waals surface area (Å²) in [7, 11) is 0. The highest BCUT2D eigenvalue weighted by atomic mass is 19.3. The number of aromatic nitrogens is 2. The minimum absolute atomic E-state index is 0.0389. The SMILES string of the molecule is C[C@]1(O)CCC[C@@H](Nc2nc(NC3CCC(F)(F)CC3)ncc2C(N)=O)C1. The number of hydrogen-bond acceptors (Lipinski definition) is 6. The van der Waals surface area contributed by atoms with Crippen LogP contribution < -0.4 is 16.4 Å². The molecule has 2 saturated carbocycles. The summed E-state index contributed by atoms with van der Waals surface area (Å²) in [5.74, 6) is -2.66. The van der Waals surface area contributed by atoms with E-state index >= 15 is 0 Å². The highest BCUT2D eigenvalue weighted by molar-refractivity contribution is 5.97. The molecule has 27 heavy (non-hydrogen) atoms. The lowest BCUT2D eigenvalue weighted by Gasteiger charge is -2.34. The Morgan fingerprint density at radius 3 is 2.56 bits per heavy atom. The topological polar surface area (TPSA) is 113 Å². The molecule has 1 aromatic rings. The van der Waals surface area contributed by atoms with Crippen LogP contribution in [0.2, 0.25) is 0 Å². The van der Waals surface area contributed by atoms with Crippen LogP contribution in [0.25, 0.3) is 0 Å². The lowest BCUT2D eigenvalue weighted by atomic mass is 9.83. The van der Waals surface area contributed by atoms with Crippen molar-refractivity contribution in [3.05, 3.63) is 11.8 Å². The van der Waals surface area contributed by atoms with Gasteiger partial charge in [0.15, 0.2) is 0 Å². The molecule has 1 heterocycles. The zero-order chi connectivity index (χ0) is 19.7. The van der Waals surface area contributed by atoms with Crippen molar-refractivity contribution in [2.45, 2.75) is 81.9 Å². The molecule has 0 spiro atoms. The van der Waals surface area contributed by atoms with Crippen molar-refractivity contribution >= 4 is 17.7 Å². The molecule has 2 atom stereocenters. The lowest BCUT2D eigenvalue weighted by molar-refractivity contribution is -0.0361. The van der Waals surface area contributed by atoms with Crippen molar-refractivity contribution in [1.29, 1.82) is 0 Å². The molecular weight excluding hydrogens is 356 g/mol. The number of alkyl halides is 2. The maximum absolute atomic E-state index is 13.3. The minimum Gasteiger partial charge on any atom is -0.390 e. The number of carbonyl (C=O) groups excluding carboxylic acids is 1. The molecular formula is C18H27F2N5O2. The summed E-state index contributed by atoms with van der Waals surface area (Å²) in [6, 6.07) is -0.171. The standard InChI is InChI=1S/C18H27F2N5O2/c1-17(27)6-2-3-12(9-17)23-15-13(14(21)26)10-22-16(25-15)24-11-4-7-18(19,20)8-5-11/h10-12,27H,2-9H2,1H3,(H2,21,26)(H2,22,23,24,25)/t12-,17+/m1/s1. The molecule has 0 unspecified atom stereocenters. The van der Waals surface area contributed by atoms with Crippen molar-refractivity contribution in [3.8, 4) is 0 Å². The monoisotopic (exact) mass is 383 g/mol. The number of carbonyl (C=O) groups is 1. The van der Waals surface area contributed by atoms with Crippen molar-refractivity contribution in [3.63, 3.8) is 0 Å². The predicted molar refractivity (Wildman–Crippen MR) is 97.9 cm³/mol. The largest absolute Gasteiger partial charge is 0.390 e. The summed E-state index contributed by atoms with van der Waals surface area (Å²) in [5.41, 5.74) is 4.83. The highest BCUT2D eigenvalue weighted by Gasteiger charge is 2.35. The summed E-state index contributed by atoms with van der Waals surface area (Å²) >= 11 is 0. The van der Waals surface area contributed by atoms with Crippen molar-refractivity contribution in [2.75, 3.05) is 10.6 Å². The molecule has 1 aromatic heterocycles. The average molecular weight is 383 g/mol. The molecule has 2 aliphatic rings. The Bertz CT molecular complexity index is 688. The first kappa shape index (κ1) is 19.7. The fourth-order valence-corrected chi connectivity index (χ4v) is 3.89. The molecule has 1 amide bonds. The molecule has 2 aliphatic carbocycles. The third kappa shape index (κ3) is 5.24. The Labute approximate surface area is 157 Å². The molecule has 5 N–H and O–H groups in total. The van der Waals surface area contributed by atoms with Gasteiger partial charge in [-0.05, 0) is 45.4 Å². The Kier molecular flexibility index (Phi) is 5.50. The van der Waals surface area contributed by atoms with Crippen LogP contribution in [0.15, 0.2) is 6.20 Å². The van der Waals surface area contributed by atoms with Crippen LogP contribution in [0.4, 0.5) is 20.5 Å². The first-order valence-corrected chi connectivity index (χ1v) is 9.44. The maximum atomic E-state index is 13.3. The fourth-order valence-electron chi connectivity index (χ4n) is 3.89. The van der Waals surface area contributed by atoms with Gasteiger partial charge >= 0.3 is 0 Å². The van der Waals surface area contributed by atoms with Gasteiger partial charge in [0.05, 0.1) is 11.2 Å². The van der Waals surface area contributed by atoms with Gasteiger partial charge in [0, 0.05) is 31.1 Å². The van der Waals surface area contributed by atoms with Crippen LogP contribution in [0, 0.1) is 0 Å². The number of nitrogens with two attached hydrogens (primary N) is 1. The number of amides is 1. The van der Waals surface area contributed by atoms with E-state index in [1.54, 1.807) is 6.92 Å². The molecule has 0 radical (unpaired) electrons. The van der Waals surface area contributed by atoms with E-state index in [2.05, 4.69) is 20.6 Å². The van der Waals surface area contributed by atoms with E-state index in [1.165, 1.54) is 6.20 Å². The zero-order valence-corrected chi connectivity index (χ0v) is 15.5. The minimum atomic E-state index is -2.60. The second-order valence-corrected chi connectivity index (χ2v) is 8.03. The van der Waals surface area contributed by atoms with Crippen LogP contribution in [-0.2, 0) is 0 Å². The van der Waals surface area contributed by atoms with E-state index in [-0.39, 0.29) is 36.4 Å². The van der Waals surface area contributed by atoms with Crippen molar-refractivity contribution in [1.82, 2.24) is 9.97 Å². The number of aliphatic hydroxyl groups is 1. The predicted octanol–water partition coefficient (Wildman–Crippen LogP) is 2.67.